The van der Waals surface area contributed by atoms with Crippen molar-refractivity contribution in [2.24, 2.45) is 10.9 Å². The van der Waals surface area contributed by atoms with Gasteiger partial charge in [0.05, 0.1) is 19.8 Å². The van der Waals surface area contributed by atoms with E-state index in [1.807, 2.05) is 12.1 Å². The zero-order valence-corrected chi connectivity index (χ0v) is 18.1. The van der Waals surface area contributed by atoms with Crippen molar-refractivity contribution in [3.63, 3.8) is 0 Å². The molecular formula is C19H31FIN3O2. The zero-order valence-electron chi connectivity index (χ0n) is 15.7. The number of nitrogens with zero attached hydrogens (tertiary/aromatic N) is 2. The molecule has 0 aromatic heterocycles. The Morgan fingerprint density at radius 3 is 2.88 bits per heavy atom. The Hall–Kier alpha value is -0.930. The monoisotopic (exact) mass is 479 g/mol. The Morgan fingerprint density at radius 1 is 1.35 bits per heavy atom. The fourth-order valence-corrected chi connectivity index (χ4v) is 2.96. The average molecular weight is 479 g/mol. The summed E-state index contributed by atoms with van der Waals surface area (Å²) in [5, 5.41) is 3.34. The lowest BCUT2D eigenvalue weighted by atomic mass is 10.1. The van der Waals surface area contributed by atoms with Gasteiger partial charge in [0.2, 0.25) is 0 Å². The van der Waals surface area contributed by atoms with Crippen molar-refractivity contribution in [3.05, 3.63) is 35.6 Å². The van der Waals surface area contributed by atoms with Crippen LogP contribution in [0.4, 0.5) is 4.39 Å². The lowest BCUT2D eigenvalue weighted by Gasteiger charge is -2.21. The predicted octanol–water partition coefficient (Wildman–Crippen LogP) is 2.94. The topological polar surface area (TPSA) is 46.1 Å². The zero-order chi connectivity index (χ0) is 17.9. The minimum atomic E-state index is -0.155. The van der Waals surface area contributed by atoms with Crippen LogP contribution < -0.4 is 5.32 Å². The van der Waals surface area contributed by atoms with Gasteiger partial charge in [0.1, 0.15) is 5.82 Å². The molecule has 1 N–H and O–H groups in total. The second kappa shape index (κ2) is 13.3. The first-order valence-corrected chi connectivity index (χ1v) is 9.08. The van der Waals surface area contributed by atoms with Crippen molar-refractivity contribution in [1.29, 1.82) is 0 Å². The summed E-state index contributed by atoms with van der Waals surface area (Å²) in [7, 11) is 1.68. The van der Waals surface area contributed by atoms with Crippen molar-refractivity contribution >= 4 is 29.9 Å². The molecular weight excluding hydrogens is 448 g/mol. The Labute approximate surface area is 173 Å². The number of nitrogens with one attached hydrogen (secondary N) is 1. The summed E-state index contributed by atoms with van der Waals surface area (Å²) in [4.78, 5) is 6.95. The maximum Gasteiger partial charge on any atom is 0.193 e. The standard InChI is InChI=1S/C19H30FN3O2.HI/c1-3-21-19(22-10-8-17-6-4-5-7-18(17)20)23-11-9-16(14-23)15-25-13-12-24-2;/h4-7,16H,3,8-15H2,1-2H3,(H,21,22);1H. The van der Waals surface area contributed by atoms with Crippen LogP contribution in [0.2, 0.25) is 0 Å². The van der Waals surface area contributed by atoms with Gasteiger partial charge in [-0.05, 0) is 31.4 Å². The Kier molecular flexibility index (Phi) is 11.8. The highest BCUT2D eigenvalue weighted by Gasteiger charge is 2.24. The first kappa shape index (κ1) is 23.1. The van der Waals surface area contributed by atoms with Crippen LogP contribution in [0.1, 0.15) is 18.9 Å². The van der Waals surface area contributed by atoms with E-state index in [0.29, 0.717) is 37.7 Å². The number of ether oxygens (including phenoxy) is 2. The van der Waals surface area contributed by atoms with Crippen LogP contribution in [0.5, 0.6) is 0 Å². The molecule has 1 heterocycles. The number of halogens is 2. The minimum Gasteiger partial charge on any atom is -0.382 e. The normalized spacial score (nSPS) is 17.3. The molecule has 1 aliphatic rings. The molecule has 1 fully saturated rings. The SMILES string of the molecule is CCNC(=NCCc1ccccc1F)N1CCC(COCCOC)C1.I. The van der Waals surface area contributed by atoms with Crippen LogP contribution in [-0.2, 0) is 15.9 Å². The molecule has 1 aromatic carbocycles. The molecule has 1 aromatic rings. The van der Waals surface area contributed by atoms with E-state index >= 15 is 0 Å². The molecule has 0 bridgehead atoms. The van der Waals surface area contributed by atoms with E-state index in [1.165, 1.54) is 6.07 Å². The molecule has 1 unspecified atom stereocenters. The number of aliphatic imine (C=N–C) groups is 1. The number of guanidine groups is 1. The van der Waals surface area contributed by atoms with Crippen molar-refractivity contribution in [2.75, 3.05) is 53.1 Å². The summed E-state index contributed by atoms with van der Waals surface area (Å²) in [6, 6.07) is 6.90. The smallest absolute Gasteiger partial charge is 0.193 e. The van der Waals surface area contributed by atoms with E-state index in [4.69, 9.17) is 9.47 Å². The maximum absolute atomic E-state index is 13.7. The van der Waals surface area contributed by atoms with Gasteiger partial charge in [0.15, 0.2) is 5.96 Å². The van der Waals surface area contributed by atoms with Crippen LogP contribution >= 0.6 is 24.0 Å². The highest BCUT2D eigenvalue weighted by atomic mass is 127. The molecule has 1 atom stereocenters. The van der Waals surface area contributed by atoms with Crippen LogP contribution in [-0.4, -0.2) is 64.0 Å². The summed E-state index contributed by atoms with van der Waals surface area (Å²) >= 11 is 0. The molecule has 0 aliphatic carbocycles. The van der Waals surface area contributed by atoms with E-state index in [1.54, 1.807) is 13.2 Å². The van der Waals surface area contributed by atoms with Crippen LogP contribution in [0.3, 0.4) is 0 Å². The van der Waals surface area contributed by atoms with Crippen LogP contribution in [0.15, 0.2) is 29.3 Å². The van der Waals surface area contributed by atoms with Gasteiger partial charge >= 0.3 is 0 Å². The third kappa shape index (κ3) is 7.75. The van der Waals surface area contributed by atoms with Gasteiger partial charge in [-0.1, -0.05) is 18.2 Å². The van der Waals surface area contributed by atoms with Gasteiger partial charge in [-0.25, -0.2) is 4.39 Å². The van der Waals surface area contributed by atoms with Crippen LogP contribution in [0.25, 0.3) is 0 Å². The average Bonchev–Trinajstić information content (AvgIpc) is 3.08. The Bertz CT molecular complexity index is 545. The highest BCUT2D eigenvalue weighted by Crippen LogP contribution is 2.17. The molecule has 0 spiro atoms. The molecule has 2 rings (SSSR count). The van der Waals surface area contributed by atoms with Gasteiger partial charge in [-0.2, -0.15) is 0 Å². The van der Waals surface area contributed by atoms with E-state index in [2.05, 4.69) is 22.1 Å². The van der Waals surface area contributed by atoms with Crippen LogP contribution in [0, 0.1) is 11.7 Å². The van der Waals surface area contributed by atoms with Crippen molar-refractivity contribution in [2.45, 2.75) is 19.8 Å². The van der Waals surface area contributed by atoms with Crippen molar-refractivity contribution in [3.8, 4) is 0 Å². The van der Waals surface area contributed by atoms with Crippen molar-refractivity contribution < 1.29 is 13.9 Å². The summed E-state index contributed by atoms with van der Waals surface area (Å²) in [5.41, 5.74) is 0.716. The van der Waals surface area contributed by atoms with Gasteiger partial charge in [0.25, 0.3) is 0 Å². The fourth-order valence-electron chi connectivity index (χ4n) is 2.96. The number of likely N-dealkylation sites (tertiary alicyclic amines) is 1. The molecule has 0 radical (unpaired) electrons. The fraction of sp³-hybridized carbons (Fsp3) is 0.632. The molecule has 0 saturated carbocycles. The van der Waals surface area contributed by atoms with E-state index in [-0.39, 0.29) is 29.8 Å². The summed E-state index contributed by atoms with van der Waals surface area (Å²) in [6.07, 6.45) is 1.71. The molecule has 0 amide bonds. The number of benzene rings is 1. The third-order valence-corrected chi connectivity index (χ3v) is 4.31. The molecule has 7 heteroatoms. The van der Waals surface area contributed by atoms with Crippen molar-refractivity contribution in [1.82, 2.24) is 10.2 Å². The lowest BCUT2D eigenvalue weighted by molar-refractivity contribution is 0.0536. The first-order valence-electron chi connectivity index (χ1n) is 9.08. The third-order valence-electron chi connectivity index (χ3n) is 4.31. The van der Waals surface area contributed by atoms with E-state index < -0.39 is 0 Å². The molecule has 1 saturated heterocycles. The second-order valence-electron chi connectivity index (χ2n) is 6.25. The second-order valence-corrected chi connectivity index (χ2v) is 6.25. The van der Waals surface area contributed by atoms with Gasteiger partial charge in [-0.3, -0.25) is 4.99 Å². The largest absolute Gasteiger partial charge is 0.382 e. The number of methoxy groups -OCH3 is 1. The quantitative estimate of drug-likeness (QED) is 0.256. The van der Waals surface area contributed by atoms with Gasteiger partial charge in [0, 0.05) is 39.2 Å². The number of hydrogen-bond donors (Lipinski definition) is 1. The first-order chi connectivity index (χ1) is 12.2. The molecule has 1 aliphatic heterocycles. The number of rotatable bonds is 9. The van der Waals surface area contributed by atoms with Gasteiger partial charge < -0.3 is 19.7 Å². The summed E-state index contributed by atoms with van der Waals surface area (Å²) < 4.78 is 24.3. The van der Waals surface area contributed by atoms with E-state index in [0.717, 1.165) is 38.6 Å². The summed E-state index contributed by atoms with van der Waals surface area (Å²) in [5.74, 6) is 1.28. The Morgan fingerprint density at radius 2 is 2.15 bits per heavy atom. The summed E-state index contributed by atoms with van der Waals surface area (Å²) in [6.45, 7) is 7.42. The molecule has 26 heavy (non-hydrogen) atoms. The van der Waals surface area contributed by atoms with Gasteiger partial charge in [-0.15, -0.1) is 24.0 Å². The lowest BCUT2D eigenvalue weighted by Crippen LogP contribution is -2.40. The molecule has 148 valence electrons. The van der Waals surface area contributed by atoms with E-state index in [9.17, 15) is 4.39 Å². The minimum absolute atomic E-state index is 0. The number of hydrogen-bond acceptors (Lipinski definition) is 3. The predicted molar refractivity (Wildman–Crippen MR) is 114 cm³/mol. The Balaban J connectivity index is 0.00000338. The highest BCUT2D eigenvalue weighted by molar-refractivity contribution is 14.0. The molecule has 5 nitrogen and oxygen atoms in total. The maximum atomic E-state index is 13.7.